The lowest BCUT2D eigenvalue weighted by atomic mass is 9.98. The van der Waals surface area contributed by atoms with Crippen LogP contribution in [0.4, 0.5) is 0 Å². The number of allylic oxidation sites excluding steroid dienone is 1. The summed E-state index contributed by atoms with van der Waals surface area (Å²) in [5, 5.41) is 0. The minimum absolute atomic E-state index is 0.00427. The van der Waals surface area contributed by atoms with Crippen LogP contribution in [0.25, 0.3) is 0 Å². The van der Waals surface area contributed by atoms with Crippen LogP contribution in [0.5, 0.6) is 0 Å². The lowest BCUT2D eigenvalue weighted by Crippen LogP contribution is -2.40. The van der Waals surface area contributed by atoms with Crippen molar-refractivity contribution in [2.24, 2.45) is 0 Å². The van der Waals surface area contributed by atoms with Crippen LogP contribution in [0, 0.1) is 0 Å². The molecule has 0 N–H and O–H groups in total. The first kappa shape index (κ1) is 29.9. The molecule has 2 amide bonds. The van der Waals surface area contributed by atoms with Crippen LogP contribution >= 0.6 is 0 Å². The Morgan fingerprint density at radius 1 is 0.667 bits per heavy atom. The zero-order chi connectivity index (χ0) is 24.2. The fraction of sp³-hybridized carbons (Fsp3) is 0.867. The summed E-state index contributed by atoms with van der Waals surface area (Å²) in [6.45, 7) is 6.61. The highest BCUT2D eigenvalue weighted by Gasteiger charge is 2.35. The predicted molar refractivity (Wildman–Crippen MR) is 142 cm³/mol. The van der Waals surface area contributed by atoms with Crippen LogP contribution in [-0.4, -0.2) is 22.8 Å². The molecule has 1 saturated heterocycles. The summed E-state index contributed by atoms with van der Waals surface area (Å²) in [5.41, 5.74) is 1.22. The zero-order valence-electron chi connectivity index (χ0n) is 22.5. The summed E-state index contributed by atoms with van der Waals surface area (Å²) in [7, 11) is 0. The van der Waals surface area contributed by atoms with Gasteiger partial charge in [-0.05, 0) is 26.2 Å². The summed E-state index contributed by atoms with van der Waals surface area (Å²) in [4.78, 5) is 26.1. The molecular weight excluding hydrogens is 406 g/mol. The van der Waals surface area contributed by atoms with Crippen molar-refractivity contribution in [1.82, 2.24) is 4.90 Å². The van der Waals surface area contributed by atoms with E-state index in [1.54, 1.807) is 4.90 Å². The van der Waals surface area contributed by atoms with E-state index in [0.717, 1.165) is 25.7 Å². The van der Waals surface area contributed by atoms with Crippen LogP contribution < -0.4 is 0 Å². The van der Waals surface area contributed by atoms with Crippen molar-refractivity contribution in [2.45, 2.75) is 168 Å². The molecule has 0 spiro atoms. The molecule has 0 aliphatic carbocycles. The van der Waals surface area contributed by atoms with Gasteiger partial charge in [0.1, 0.15) is 0 Å². The van der Waals surface area contributed by atoms with Crippen molar-refractivity contribution in [2.75, 3.05) is 0 Å². The zero-order valence-corrected chi connectivity index (χ0v) is 22.5. The molecule has 1 fully saturated rings. The van der Waals surface area contributed by atoms with Crippen LogP contribution in [0.3, 0.4) is 0 Å². The lowest BCUT2D eigenvalue weighted by molar-refractivity contribution is -0.140. The van der Waals surface area contributed by atoms with Gasteiger partial charge in [-0.15, -0.1) is 0 Å². The van der Waals surface area contributed by atoms with Gasteiger partial charge in [0.25, 0.3) is 0 Å². The number of rotatable bonds is 22. The molecule has 1 aliphatic rings. The van der Waals surface area contributed by atoms with Crippen molar-refractivity contribution >= 4 is 11.8 Å². The van der Waals surface area contributed by atoms with E-state index in [4.69, 9.17) is 0 Å². The highest BCUT2D eigenvalue weighted by atomic mass is 16.2. The van der Waals surface area contributed by atoms with Gasteiger partial charge < -0.3 is 0 Å². The van der Waals surface area contributed by atoms with E-state index in [0.29, 0.717) is 12.8 Å². The van der Waals surface area contributed by atoms with E-state index in [1.807, 2.05) is 0 Å². The van der Waals surface area contributed by atoms with Crippen LogP contribution in [0.15, 0.2) is 11.6 Å². The molecule has 0 aromatic heterocycles. The third-order valence-electron chi connectivity index (χ3n) is 7.28. The molecule has 0 saturated carbocycles. The van der Waals surface area contributed by atoms with Crippen molar-refractivity contribution in [3.63, 3.8) is 0 Å². The average molecular weight is 462 g/mol. The Kier molecular flexibility index (Phi) is 18.4. The molecule has 3 heteroatoms. The molecule has 1 heterocycles. The van der Waals surface area contributed by atoms with Crippen LogP contribution in [-0.2, 0) is 9.59 Å². The summed E-state index contributed by atoms with van der Waals surface area (Å²) in [5.74, 6) is 0.0578. The van der Waals surface area contributed by atoms with Gasteiger partial charge in [-0.2, -0.15) is 0 Å². The fourth-order valence-corrected chi connectivity index (χ4v) is 5.07. The molecular formula is C30H55NO2. The van der Waals surface area contributed by atoms with Gasteiger partial charge in [-0.3, -0.25) is 14.5 Å². The Morgan fingerprint density at radius 3 is 1.52 bits per heavy atom. The summed E-state index contributed by atoms with van der Waals surface area (Å²) in [6, 6.07) is -0.00427. The third-order valence-corrected chi connectivity index (χ3v) is 7.28. The minimum Gasteiger partial charge on any atom is -0.275 e. The van der Waals surface area contributed by atoms with E-state index in [2.05, 4.69) is 26.8 Å². The SMILES string of the molecule is CCCCCCCCCCCCCCCCCC=C(C)C(CCCCC)N1C(=O)CCC1=O. The molecule has 33 heavy (non-hydrogen) atoms. The largest absolute Gasteiger partial charge is 0.275 e. The molecule has 0 aromatic carbocycles. The van der Waals surface area contributed by atoms with E-state index in [-0.39, 0.29) is 17.9 Å². The van der Waals surface area contributed by atoms with Gasteiger partial charge in [0.2, 0.25) is 11.8 Å². The third kappa shape index (κ3) is 14.0. The fourth-order valence-electron chi connectivity index (χ4n) is 5.07. The standard InChI is InChI=1S/C30H55NO2/c1-4-6-8-9-10-11-12-13-14-15-16-17-18-19-20-22-23-27(3)28(24-21-7-5-2)31-29(32)25-26-30(31)33/h23,28H,4-22,24-26H2,1-3H3. The van der Waals surface area contributed by atoms with Crippen molar-refractivity contribution in [3.8, 4) is 0 Å². The van der Waals surface area contributed by atoms with Crippen molar-refractivity contribution < 1.29 is 9.59 Å². The Balaban J connectivity index is 2.10. The Morgan fingerprint density at radius 2 is 1.06 bits per heavy atom. The summed E-state index contributed by atoms with van der Waals surface area (Å²) >= 11 is 0. The monoisotopic (exact) mass is 461 g/mol. The molecule has 1 aliphatic heterocycles. The molecule has 1 unspecified atom stereocenters. The lowest BCUT2D eigenvalue weighted by Gasteiger charge is -2.27. The molecule has 0 aromatic rings. The number of carbonyl (C=O) groups is 2. The first-order valence-corrected chi connectivity index (χ1v) is 14.6. The van der Waals surface area contributed by atoms with E-state index in [9.17, 15) is 9.59 Å². The van der Waals surface area contributed by atoms with E-state index in [1.165, 1.54) is 108 Å². The highest BCUT2D eigenvalue weighted by molar-refractivity contribution is 6.02. The Bertz CT molecular complexity index is 523. The first-order chi connectivity index (χ1) is 16.1. The summed E-state index contributed by atoms with van der Waals surface area (Å²) in [6.07, 6.45) is 29.3. The second kappa shape index (κ2) is 20.3. The van der Waals surface area contributed by atoms with Gasteiger partial charge >= 0.3 is 0 Å². The predicted octanol–water partition coefficient (Wildman–Crippen LogP) is 9.29. The maximum atomic E-state index is 12.3. The number of carbonyl (C=O) groups excluding carboxylic acids is 2. The smallest absolute Gasteiger partial charge is 0.230 e. The highest BCUT2D eigenvalue weighted by Crippen LogP contribution is 2.25. The first-order valence-electron chi connectivity index (χ1n) is 14.6. The summed E-state index contributed by atoms with van der Waals surface area (Å²) < 4.78 is 0. The molecule has 3 nitrogen and oxygen atoms in total. The van der Waals surface area contributed by atoms with Gasteiger partial charge in [-0.1, -0.05) is 135 Å². The molecule has 0 radical (unpaired) electrons. The van der Waals surface area contributed by atoms with Gasteiger partial charge in [0, 0.05) is 12.8 Å². The molecule has 1 rings (SSSR count). The maximum absolute atomic E-state index is 12.3. The quantitative estimate of drug-likeness (QED) is 0.0914. The minimum atomic E-state index is -0.00427. The normalized spacial score (nSPS) is 15.6. The number of hydrogen-bond donors (Lipinski definition) is 0. The maximum Gasteiger partial charge on any atom is 0.230 e. The van der Waals surface area contributed by atoms with E-state index >= 15 is 0 Å². The van der Waals surface area contributed by atoms with Crippen LogP contribution in [0.2, 0.25) is 0 Å². The van der Waals surface area contributed by atoms with Crippen molar-refractivity contribution in [3.05, 3.63) is 11.6 Å². The number of hydrogen-bond acceptors (Lipinski definition) is 2. The van der Waals surface area contributed by atoms with Crippen LogP contribution in [0.1, 0.15) is 162 Å². The van der Waals surface area contributed by atoms with Crippen molar-refractivity contribution in [1.29, 1.82) is 0 Å². The number of amides is 2. The number of nitrogens with zero attached hydrogens (tertiary/aromatic N) is 1. The van der Waals surface area contributed by atoms with Gasteiger partial charge in [0.15, 0.2) is 0 Å². The molecule has 1 atom stereocenters. The van der Waals surface area contributed by atoms with Gasteiger partial charge in [0.05, 0.1) is 6.04 Å². The molecule has 0 bridgehead atoms. The Labute approximate surface area is 206 Å². The second-order valence-corrected chi connectivity index (χ2v) is 10.4. The topological polar surface area (TPSA) is 37.4 Å². The number of imide groups is 1. The van der Waals surface area contributed by atoms with Gasteiger partial charge in [-0.25, -0.2) is 0 Å². The second-order valence-electron chi connectivity index (χ2n) is 10.4. The number of unbranched alkanes of at least 4 members (excludes halogenated alkanes) is 17. The molecule has 192 valence electrons. The Hall–Kier alpha value is -1.12. The number of likely N-dealkylation sites (tertiary alicyclic amines) is 1. The average Bonchev–Trinajstić information content (AvgIpc) is 3.14. The van der Waals surface area contributed by atoms with E-state index < -0.39 is 0 Å².